The van der Waals surface area contributed by atoms with E-state index in [2.05, 4.69) is 15.6 Å². The number of pyridine rings is 1. The highest BCUT2D eigenvalue weighted by atomic mass is 35.5. The molecule has 0 saturated carbocycles. The van der Waals surface area contributed by atoms with Gasteiger partial charge in [-0.15, -0.1) is 0 Å². The Balaban J connectivity index is 1.88. The van der Waals surface area contributed by atoms with Gasteiger partial charge in [-0.05, 0) is 50.6 Å². The third-order valence-electron chi connectivity index (χ3n) is 3.19. The monoisotopic (exact) mass is 311 g/mol. The maximum atomic E-state index is 9.14. The van der Waals surface area contributed by atoms with Crippen molar-refractivity contribution < 1.29 is 10.6 Å². The molecule has 0 spiro atoms. The van der Waals surface area contributed by atoms with Crippen LogP contribution in [-0.4, -0.2) is 35.7 Å². The largest absolute Gasteiger partial charge is 0.395 e. The molecule has 0 saturated heterocycles. The Morgan fingerprint density at radius 2 is 2.29 bits per heavy atom. The molecule has 0 bridgehead atoms. The molecule has 2 aromatic rings. The Hall–Kier alpha value is -1.36. The van der Waals surface area contributed by atoms with Crippen LogP contribution in [0.25, 0.3) is 10.9 Å². The van der Waals surface area contributed by atoms with Crippen LogP contribution in [0.1, 0.15) is 25.2 Å². The van der Waals surface area contributed by atoms with Crippen molar-refractivity contribution in [1.82, 2.24) is 10.3 Å². The molecular formula is C16H22ClN3O. The minimum absolute atomic E-state index is 0.125. The highest BCUT2D eigenvalue weighted by Gasteiger charge is 2.06. The number of anilines is 1. The number of aromatic nitrogens is 1. The van der Waals surface area contributed by atoms with E-state index >= 15 is 0 Å². The van der Waals surface area contributed by atoms with Crippen LogP contribution >= 0.6 is 11.6 Å². The molecule has 1 atom stereocenters. The Labute approximate surface area is 136 Å². The number of hydrogen-bond donors (Lipinski definition) is 3. The summed E-state index contributed by atoms with van der Waals surface area (Å²) in [5.41, 5.74) is 1.76. The predicted octanol–water partition coefficient (Wildman–Crippen LogP) is 3.05. The second-order valence-corrected chi connectivity index (χ2v) is 5.31. The lowest BCUT2D eigenvalue weighted by Gasteiger charge is -2.17. The number of hydrogen-bond acceptors (Lipinski definition) is 4. The maximum Gasteiger partial charge on any atom is 0.0737 e. The van der Waals surface area contributed by atoms with Crippen molar-refractivity contribution >= 4 is 28.2 Å². The molecule has 2 rings (SSSR count). The number of aliphatic hydroxyl groups is 1. The first kappa shape index (κ1) is 11.2. The third-order valence-corrected chi connectivity index (χ3v) is 3.42. The zero-order valence-electron chi connectivity index (χ0n) is 15.9. The number of nitrogens with zero attached hydrogens (tertiary/aromatic N) is 1. The average molecular weight is 312 g/mol. The zero-order chi connectivity index (χ0) is 18.7. The van der Waals surface area contributed by atoms with E-state index in [0.29, 0.717) is 11.4 Å². The first-order valence-corrected chi connectivity index (χ1v) is 7.26. The lowest BCUT2D eigenvalue weighted by atomic mass is 10.1. The Kier molecular flexibility index (Phi) is 4.37. The average Bonchev–Trinajstić information content (AvgIpc) is 2.50. The highest BCUT2D eigenvalue weighted by molar-refractivity contribution is 6.31. The summed E-state index contributed by atoms with van der Waals surface area (Å²) in [6, 6.07) is 7.56. The summed E-state index contributed by atoms with van der Waals surface area (Å²) in [5, 5.41) is 16.6. The fourth-order valence-corrected chi connectivity index (χ4v) is 2.35. The minimum atomic E-state index is -2.92. The molecule has 1 aromatic heterocycles. The topological polar surface area (TPSA) is 57.2 Å². The normalized spacial score (nSPS) is 16.7. The molecule has 1 aromatic carbocycles. The summed E-state index contributed by atoms with van der Waals surface area (Å²) in [6.45, 7) is -3.13. The molecule has 0 fully saturated rings. The van der Waals surface area contributed by atoms with E-state index in [9.17, 15) is 0 Å². The number of nitrogens with one attached hydrogen (secondary N) is 2. The fourth-order valence-electron chi connectivity index (χ4n) is 2.18. The van der Waals surface area contributed by atoms with Gasteiger partial charge in [0, 0.05) is 37.6 Å². The van der Waals surface area contributed by atoms with Crippen molar-refractivity contribution in [2.75, 3.05) is 24.9 Å². The summed E-state index contributed by atoms with van der Waals surface area (Å²) in [6.07, 6.45) is 3.08. The second-order valence-electron chi connectivity index (χ2n) is 4.87. The molecule has 1 unspecified atom stereocenters. The van der Waals surface area contributed by atoms with Crippen LogP contribution in [0.4, 0.5) is 5.69 Å². The van der Waals surface area contributed by atoms with E-state index in [1.165, 1.54) is 0 Å². The van der Waals surface area contributed by atoms with Gasteiger partial charge in [-0.25, -0.2) is 0 Å². The van der Waals surface area contributed by atoms with E-state index in [1.54, 1.807) is 6.20 Å². The van der Waals surface area contributed by atoms with E-state index in [1.807, 2.05) is 31.2 Å². The summed E-state index contributed by atoms with van der Waals surface area (Å²) in [5.74, 6) is 0. The SMILES string of the molecule is [2H]C([2H])(O)C([2H])([2H])NCCCC(C)Nc1ccnc2cc(Cl)ccc12. The molecule has 0 aliphatic rings. The molecule has 0 amide bonds. The first-order chi connectivity index (χ1) is 11.6. The zero-order valence-corrected chi connectivity index (χ0v) is 12.6. The van der Waals surface area contributed by atoms with E-state index < -0.39 is 13.1 Å². The Morgan fingerprint density at radius 3 is 3.10 bits per heavy atom. The van der Waals surface area contributed by atoms with Crippen molar-refractivity contribution in [3.05, 3.63) is 35.5 Å². The molecule has 3 N–H and O–H groups in total. The molecule has 0 aliphatic carbocycles. The number of halogens is 1. The van der Waals surface area contributed by atoms with Gasteiger partial charge in [-0.1, -0.05) is 11.6 Å². The van der Waals surface area contributed by atoms with Crippen LogP contribution in [0.5, 0.6) is 0 Å². The van der Waals surface area contributed by atoms with Gasteiger partial charge in [-0.3, -0.25) is 4.98 Å². The van der Waals surface area contributed by atoms with Gasteiger partial charge in [0.1, 0.15) is 0 Å². The quantitative estimate of drug-likeness (QED) is 0.656. The molecule has 0 radical (unpaired) electrons. The van der Waals surface area contributed by atoms with Gasteiger partial charge in [0.2, 0.25) is 0 Å². The summed E-state index contributed by atoms with van der Waals surface area (Å²) in [7, 11) is 0. The standard InChI is InChI=1S/C16H22ClN3O/c1-12(3-2-7-18-9-10-21)20-15-6-8-19-16-11-13(17)4-5-14(15)16/h4-6,8,11-12,18,21H,2-3,7,9-10H2,1H3,(H,19,20)/i9D2,10D2. The molecular weight excluding hydrogens is 286 g/mol. The van der Waals surface area contributed by atoms with Crippen LogP contribution in [0.15, 0.2) is 30.5 Å². The lowest BCUT2D eigenvalue weighted by Crippen LogP contribution is -2.22. The molecule has 4 nitrogen and oxygen atoms in total. The summed E-state index contributed by atoms with van der Waals surface area (Å²) >= 11 is 5.99. The van der Waals surface area contributed by atoms with Gasteiger partial charge >= 0.3 is 0 Å². The minimum Gasteiger partial charge on any atom is -0.395 e. The maximum absolute atomic E-state index is 9.14. The van der Waals surface area contributed by atoms with Crippen LogP contribution in [0, 0.1) is 0 Å². The Morgan fingerprint density at radius 1 is 1.43 bits per heavy atom. The predicted molar refractivity (Wildman–Crippen MR) is 89.0 cm³/mol. The van der Waals surface area contributed by atoms with E-state index in [0.717, 1.165) is 23.0 Å². The summed E-state index contributed by atoms with van der Waals surface area (Å²) < 4.78 is 29.0. The number of fused-ring (bicyclic) bond motifs is 1. The highest BCUT2D eigenvalue weighted by Crippen LogP contribution is 2.25. The van der Waals surface area contributed by atoms with Crippen LogP contribution in [0.2, 0.25) is 5.02 Å². The smallest absolute Gasteiger partial charge is 0.0737 e. The van der Waals surface area contributed by atoms with Gasteiger partial charge in [0.15, 0.2) is 0 Å². The molecule has 1 heterocycles. The second kappa shape index (κ2) is 8.17. The van der Waals surface area contributed by atoms with Gasteiger partial charge in [-0.2, -0.15) is 0 Å². The van der Waals surface area contributed by atoms with Crippen molar-refractivity contribution in [2.24, 2.45) is 0 Å². The van der Waals surface area contributed by atoms with Crippen molar-refractivity contribution in [3.63, 3.8) is 0 Å². The number of rotatable bonds is 8. The molecule has 5 heteroatoms. The van der Waals surface area contributed by atoms with E-state index in [4.69, 9.17) is 22.2 Å². The number of benzene rings is 1. The molecule has 21 heavy (non-hydrogen) atoms. The molecule has 0 aliphatic heterocycles. The van der Waals surface area contributed by atoms with Crippen LogP contribution in [0.3, 0.4) is 0 Å². The van der Waals surface area contributed by atoms with Gasteiger partial charge in [0.05, 0.1) is 14.8 Å². The lowest BCUT2D eigenvalue weighted by molar-refractivity contribution is 0.292. The van der Waals surface area contributed by atoms with Gasteiger partial charge < -0.3 is 15.7 Å². The van der Waals surface area contributed by atoms with Crippen LogP contribution in [-0.2, 0) is 0 Å². The Bertz CT molecular complexity index is 724. The van der Waals surface area contributed by atoms with Crippen molar-refractivity contribution in [3.8, 4) is 0 Å². The fraction of sp³-hybridized carbons (Fsp3) is 0.438. The first-order valence-electron chi connectivity index (χ1n) is 8.88. The third kappa shape index (κ3) is 4.84. The van der Waals surface area contributed by atoms with Gasteiger partial charge in [0.25, 0.3) is 0 Å². The van der Waals surface area contributed by atoms with Crippen LogP contribution < -0.4 is 10.6 Å². The van der Waals surface area contributed by atoms with Crippen molar-refractivity contribution in [1.29, 1.82) is 0 Å². The summed E-state index contributed by atoms with van der Waals surface area (Å²) in [4.78, 5) is 4.30. The van der Waals surface area contributed by atoms with Crippen molar-refractivity contribution in [2.45, 2.75) is 25.8 Å². The molecule has 114 valence electrons. The van der Waals surface area contributed by atoms with E-state index in [-0.39, 0.29) is 12.6 Å².